The number of benzene rings is 2. The summed E-state index contributed by atoms with van der Waals surface area (Å²) in [5.41, 5.74) is 0.974. The second-order valence-electron chi connectivity index (χ2n) is 7.89. The summed E-state index contributed by atoms with van der Waals surface area (Å²) in [5, 5.41) is 4.29. The number of para-hydroxylation sites is 1. The molecule has 0 saturated heterocycles. The summed E-state index contributed by atoms with van der Waals surface area (Å²) in [6.07, 6.45) is 2.22. The number of hydrogen-bond acceptors (Lipinski definition) is 7. The van der Waals surface area contributed by atoms with E-state index in [2.05, 4.69) is 10.3 Å². The van der Waals surface area contributed by atoms with Gasteiger partial charge >= 0.3 is 0 Å². The van der Waals surface area contributed by atoms with Crippen LogP contribution in [0.25, 0.3) is 21.9 Å². The van der Waals surface area contributed by atoms with Crippen LogP contribution in [0.5, 0.6) is 17.2 Å². The molecule has 2 heterocycles. The largest absolute Gasteiger partial charge is 0.493 e. The van der Waals surface area contributed by atoms with Gasteiger partial charge in [-0.3, -0.25) is 14.2 Å². The number of fused-ring (bicyclic) bond motifs is 2. The van der Waals surface area contributed by atoms with Crippen LogP contribution in [0.15, 0.2) is 51.9 Å². The first-order chi connectivity index (χ1) is 16.4. The van der Waals surface area contributed by atoms with Gasteiger partial charge in [0, 0.05) is 24.4 Å². The van der Waals surface area contributed by atoms with Gasteiger partial charge in [0.1, 0.15) is 5.76 Å². The van der Waals surface area contributed by atoms with Gasteiger partial charge in [-0.25, -0.2) is 4.98 Å². The number of furan rings is 1. The van der Waals surface area contributed by atoms with Gasteiger partial charge < -0.3 is 23.9 Å². The fourth-order valence-electron chi connectivity index (χ4n) is 3.87. The molecule has 178 valence electrons. The fourth-order valence-corrected chi connectivity index (χ4v) is 3.87. The third-order valence-electron chi connectivity index (χ3n) is 5.68. The summed E-state index contributed by atoms with van der Waals surface area (Å²) in [5.74, 6) is 2.13. The minimum absolute atomic E-state index is 0.131. The number of rotatable bonds is 9. The Morgan fingerprint density at radius 2 is 1.82 bits per heavy atom. The van der Waals surface area contributed by atoms with E-state index in [0.717, 1.165) is 5.39 Å². The zero-order valence-corrected chi connectivity index (χ0v) is 19.6. The molecule has 34 heavy (non-hydrogen) atoms. The highest BCUT2D eigenvalue weighted by atomic mass is 16.5. The maximum absolute atomic E-state index is 12.9. The monoisotopic (exact) mass is 465 g/mol. The van der Waals surface area contributed by atoms with Crippen LogP contribution >= 0.6 is 0 Å². The molecule has 2 aromatic heterocycles. The van der Waals surface area contributed by atoms with Crippen LogP contribution in [-0.4, -0.2) is 36.8 Å². The second-order valence-corrected chi connectivity index (χ2v) is 7.89. The van der Waals surface area contributed by atoms with E-state index in [0.29, 0.717) is 52.5 Å². The predicted molar refractivity (Wildman–Crippen MR) is 128 cm³/mol. The van der Waals surface area contributed by atoms with Crippen molar-refractivity contribution in [3.8, 4) is 17.2 Å². The minimum atomic E-state index is -0.308. The molecular weight excluding hydrogens is 438 g/mol. The zero-order chi connectivity index (χ0) is 24.2. The molecule has 0 aliphatic heterocycles. The van der Waals surface area contributed by atoms with Crippen LogP contribution in [0.4, 0.5) is 0 Å². The number of aromatic nitrogens is 2. The molecule has 0 bridgehead atoms. The molecular formula is C25H27N3O6. The maximum Gasteiger partial charge on any atom is 0.261 e. The number of ether oxygens (including phenoxy) is 3. The molecule has 4 aromatic rings. The van der Waals surface area contributed by atoms with Crippen molar-refractivity contribution in [3.63, 3.8) is 0 Å². The standard InChI is InChI=1S/C25H27N3O6/c1-15(20-11-16-7-5-8-19(31-2)24(16)34-20)27-23(29)9-6-10-28-14-26-18-13-22(33-4)21(32-3)12-17(18)25(28)30/h5,7-8,11-15H,6,9-10H2,1-4H3,(H,27,29). The normalized spacial score (nSPS) is 12.0. The highest BCUT2D eigenvalue weighted by Gasteiger charge is 2.16. The molecule has 0 aliphatic rings. The summed E-state index contributed by atoms with van der Waals surface area (Å²) in [7, 11) is 4.63. The van der Waals surface area contributed by atoms with E-state index in [1.165, 1.54) is 25.1 Å². The van der Waals surface area contributed by atoms with Gasteiger partial charge in [0.05, 0.1) is 44.6 Å². The first kappa shape index (κ1) is 23.2. The van der Waals surface area contributed by atoms with Gasteiger partial charge in [-0.1, -0.05) is 12.1 Å². The molecule has 9 heteroatoms. The van der Waals surface area contributed by atoms with Crippen molar-refractivity contribution in [1.82, 2.24) is 14.9 Å². The highest BCUT2D eigenvalue weighted by Crippen LogP contribution is 2.31. The molecule has 2 aromatic carbocycles. The lowest BCUT2D eigenvalue weighted by molar-refractivity contribution is -0.122. The first-order valence-corrected chi connectivity index (χ1v) is 10.9. The van der Waals surface area contributed by atoms with Crippen molar-refractivity contribution >= 4 is 27.8 Å². The Morgan fingerprint density at radius 3 is 2.56 bits per heavy atom. The molecule has 0 fully saturated rings. The summed E-state index contributed by atoms with van der Waals surface area (Å²) in [6, 6.07) is 10.5. The Morgan fingerprint density at radius 1 is 1.09 bits per heavy atom. The number of nitrogens with one attached hydrogen (secondary N) is 1. The Balaban J connectivity index is 1.39. The van der Waals surface area contributed by atoms with E-state index in [-0.39, 0.29) is 23.9 Å². The summed E-state index contributed by atoms with van der Waals surface area (Å²) < 4.78 is 23.3. The Bertz CT molecular complexity index is 1390. The van der Waals surface area contributed by atoms with E-state index >= 15 is 0 Å². The van der Waals surface area contributed by atoms with Crippen LogP contribution in [0.3, 0.4) is 0 Å². The van der Waals surface area contributed by atoms with Crippen molar-refractivity contribution < 1.29 is 23.4 Å². The topological polar surface area (TPSA) is 105 Å². The molecule has 1 amide bonds. The zero-order valence-electron chi connectivity index (χ0n) is 19.6. The van der Waals surface area contributed by atoms with Crippen molar-refractivity contribution in [1.29, 1.82) is 0 Å². The lowest BCUT2D eigenvalue weighted by atomic mass is 10.2. The number of methoxy groups -OCH3 is 3. The third-order valence-corrected chi connectivity index (χ3v) is 5.68. The van der Waals surface area contributed by atoms with Gasteiger partial charge in [0.25, 0.3) is 5.56 Å². The summed E-state index contributed by atoms with van der Waals surface area (Å²) >= 11 is 0. The van der Waals surface area contributed by atoms with Gasteiger partial charge in [0.2, 0.25) is 5.91 Å². The Hall–Kier alpha value is -4.01. The van der Waals surface area contributed by atoms with Crippen molar-refractivity contribution in [2.24, 2.45) is 0 Å². The number of nitrogens with zero attached hydrogens (tertiary/aromatic N) is 2. The molecule has 0 saturated carbocycles. The van der Waals surface area contributed by atoms with Crippen molar-refractivity contribution in [3.05, 3.63) is 58.8 Å². The molecule has 9 nitrogen and oxygen atoms in total. The third kappa shape index (κ3) is 4.54. The molecule has 1 unspecified atom stereocenters. The molecule has 1 N–H and O–H groups in total. The second kappa shape index (κ2) is 9.86. The van der Waals surface area contributed by atoms with Crippen LogP contribution in [0, 0.1) is 0 Å². The van der Waals surface area contributed by atoms with Crippen LogP contribution in [-0.2, 0) is 11.3 Å². The Kier molecular flexibility index (Phi) is 6.72. The van der Waals surface area contributed by atoms with Gasteiger partial charge in [0.15, 0.2) is 22.8 Å². The SMILES string of the molecule is COc1cc2ncn(CCCC(=O)NC(C)c3cc4cccc(OC)c4o3)c(=O)c2cc1OC. The number of aryl methyl sites for hydroxylation is 1. The lowest BCUT2D eigenvalue weighted by Gasteiger charge is -2.12. The molecule has 0 spiro atoms. The number of hydrogen-bond donors (Lipinski definition) is 1. The summed E-state index contributed by atoms with van der Waals surface area (Å²) in [4.78, 5) is 29.7. The predicted octanol–water partition coefficient (Wildman–Crippen LogP) is 3.83. The first-order valence-electron chi connectivity index (χ1n) is 10.9. The van der Waals surface area contributed by atoms with Crippen molar-refractivity contribution in [2.45, 2.75) is 32.4 Å². The molecule has 4 rings (SSSR count). The highest BCUT2D eigenvalue weighted by molar-refractivity contribution is 5.84. The summed E-state index contributed by atoms with van der Waals surface area (Å²) in [6.45, 7) is 2.22. The lowest BCUT2D eigenvalue weighted by Crippen LogP contribution is -2.27. The average Bonchev–Trinajstić information content (AvgIpc) is 3.29. The molecule has 0 aliphatic carbocycles. The van der Waals surface area contributed by atoms with Gasteiger partial charge in [-0.15, -0.1) is 0 Å². The van der Waals surface area contributed by atoms with E-state index in [1.807, 2.05) is 31.2 Å². The quantitative estimate of drug-likeness (QED) is 0.401. The number of carbonyl (C=O) groups is 1. The Labute approximate surface area is 196 Å². The smallest absolute Gasteiger partial charge is 0.261 e. The van der Waals surface area contributed by atoms with Crippen molar-refractivity contribution in [2.75, 3.05) is 21.3 Å². The van der Waals surface area contributed by atoms with Crippen LogP contribution < -0.4 is 25.1 Å². The van der Waals surface area contributed by atoms with E-state index < -0.39 is 0 Å². The van der Waals surface area contributed by atoms with E-state index in [4.69, 9.17) is 18.6 Å². The van der Waals surface area contributed by atoms with Gasteiger partial charge in [-0.2, -0.15) is 0 Å². The maximum atomic E-state index is 12.9. The minimum Gasteiger partial charge on any atom is -0.493 e. The van der Waals surface area contributed by atoms with Crippen LogP contribution in [0.1, 0.15) is 31.6 Å². The van der Waals surface area contributed by atoms with E-state index in [1.54, 1.807) is 19.2 Å². The average molecular weight is 466 g/mol. The number of carbonyl (C=O) groups excluding carboxylic acids is 1. The van der Waals surface area contributed by atoms with E-state index in [9.17, 15) is 9.59 Å². The van der Waals surface area contributed by atoms with Crippen LogP contribution in [0.2, 0.25) is 0 Å². The molecule has 1 atom stereocenters. The van der Waals surface area contributed by atoms with Gasteiger partial charge in [-0.05, 0) is 31.5 Å². The molecule has 0 radical (unpaired) electrons. The number of amides is 1. The fraction of sp³-hybridized carbons (Fsp3) is 0.320.